The lowest BCUT2D eigenvalue weighted by Gasteiger charge is -2.37. The molecule has 1 N–H and O–H groups in total. The van der Waals surface area contributed by atoms with Crippen LogP contribution in [0.3, 0.4) is 0 Å². The van der Waals surface area contributed by atoms with E-state index in [1.165, 1.54) is 0 Å². The molecule has 0 radical (unpaired) electrons. The van der Waals surface area contributed by atoms with E-state index in [-0.39, 0.29) is 11.7 Å². The molecule has 0 aromatic carbocycles. The van der Waals surface area contributed by atoms with Crippen LogP contribution in [0, 0.1) is 16.2 Å². The Kier molecular flexibility index (Phi) is 3.11. The minimum absolute atomic E-state index is 0.245. The van der Waals surface area contributed by atoms with Crippen LogP contribution in [0.4, 0.5) is 0 Å². The van der Waals surface area contributed by atoms with Crippen molar-refractivity contribution in [3.63, 3.8) is 0 Å². The molecule has 0 saturated heterocycles. The van der Waals surface area contributed by atoms with Crippen LogP contribution in [0.2, 0.25) is 0 Å². The number of nitrogens with one attached hydrogen (secondary N) is 1. The van der Waals surface area contributed by atoms with E-state index >= 15 is 0 Å². The molecule has 106 valence electrons. The van der Waals surface area contributed by atoms with Crippen molar-refractivity contribution in [3.8, 4) is 0 Å². The van der Waals surface area contributed by atoms with Gasteiger partial charge in [-0.3, -0.25) is 14.4 Å². The fourth-order valence-electron chi connectivity index (χ4n) is 3.80. The number of amides is 1. The summed E-state index contributed by atoms with van der Waals surface area (Å²) in [7, 11) is 0. The normalized spacial score (nSPS) is 35.8. The van der Waals surface area contributed by atoms with Gasteiger partial charge < -0.3 is 5.32 Å². The van der Waals surface area contributed by atoms with Crippen LogP contribution in [-0.2, 0) is 14.4 Å². The zero-order valence-corrected chi connectivity index (χ0v) is 12.3. The van der Waals surface area contributed by atoms with Crippen molar-refractivity contribution in [2.75, 3.05) is 6.54 Å². The molecule has 4 heteroatoms. The van der Waals surface area contributed by atoms with Crippen LogP contribution in [-0.4, -0.2) is 24.0 Å². The Balaban J connectivity index is 2.34. The van der Waals surface area contributed by atoms with Crippen molar-refractivity contribution >= 4 is 17.5 Å². The summed E-state index contributed by atoms with van der Waals surface area (Å²) in [5, 5.41) is 2.86. The Hall–Kier alpha value is -1.19. The molecule has 4 nitrogen and oxygen atoms in total. The number of ketones is 2. The summed E-state index contributed by atoms with van der Waals surface area (Å²) in [5.74, 6) is -1.07. The van der Waals surface area contributed by atoms with Gasteiger partial charge in [-0.25, -0.2) is 0 Å². The van der Waals surface area contributed by atoms with E-state index in [2.05, 4.69) is 5.32 Å². The smallest absolute Gasteiger partial charge is 0.234 e. The third-order valence-corrected chi connectivity index (χ3v) is 5.74. The number of rotatable bonds is 4. The summed E-state index contributed by atoms with van der Waals surface area (Å²) < 4.78 is 0. The van der Waals surface area contributed by atoms with E-state index < -0.39 is 22.0 Å². The number of carbonyl (C=O) groups excluding carboxylic acids is 3. The van der Waals surface area contributed by atoms with Gasteiger partial charge in [-0.2, -0.15) is 0 Å². The summed E-state index contributed by atoms with van der Waals surface area (Å²) in [4.78, 5) is 37.1. The highest BCUT2D eigenvalue weighted by Gasteiger charge is 2.77. The molecular weight excluding hydrogens is 242 g/mol. The maximum atomic E-state index is 12.5. The molecule has 2 aliphatic carbocycles. The lowest BCUT2D eigenvalue weighted by molar-refractivity contribution is -0.149. The Morgan fingerprint density at radius 3 is 2.26 bits per heavy atom. The predicted octanol–water partition coefficient (Wildman–Crippen LogP) is 1.87. The van der Waals surface area contributed by atoms with Gasteiger partial charge in [-0.15, -0.1) is 0 Å². The van der Waals surface area contributed by atoms with Gasteiger partial charge in [-0.1, -0.05) is 34.1 Å². The quantitative estimate of drug-likeness (QED) is 0.479. The SMILES string of the molecule is CCCCNC(=O)C12CCC(C)(C(=O)C1=O)C2(C)C. The van der Waals surface area contributed by atoms with E-state index in [1.807, 2.05) is 27.7 Å². The average Bonchev–Trinajstić information content (AvgIpc) is 2.62. The van der Waals surface area contributed by atoms with Crippen molar-refractivity contribution in [2.24, 2.45) is 16.2 Å². The maximum absolute atomic E-state index is 12.5. The largest absolute Gasteiger partial charge is 0.355 e. The Labute approximate surface area is 114 Å². The van der Waals surface area contributed by atoms with Crippen molar-refractivity contribution in [3.05, 3.63) is 0 Å². The first-order valence-corrected chi connectivity index (χ1v) is 7.13. The molecule has 2 saturated carbocycles. The number of hydrogen-bond acceptors (Lipinski definition) is 3. The fourth-order valence-corrected chi connectivity index (χ4v) is 3.80. The van der Waals surface area contributed by atoms with Crippen LogP contribution >= 0.6 is 0 Å². The molecule has 19 heavy (non-hydrogen) atoms. The summed E-state index contributed by atoms with van der Waals surface area (Å²) in [6, 6.07) is 0. The minimum atomic E-state index is -1.13. The van der Waals surface area contributed by atoms with Crippen molar-refractivity contribution in [2.45, 2.75) is 53.4 Å². The van der Waals surface area contributed by atoms with Gasteiger partial charge in [0.05, 0.1) is 0 Å². The van der Waals surface area contributed by atoms with Gasteiger partial charge in [0, 0.05) is 12.0 Å². The van der Waals surface area contributed by atoms with Crippen molar-refractivity contribution < 1.29 is 14.4 Å². The zero-order valence-electron chi connectivity index (χ0n) is 12.3. The molecule has 1 amide bonds. The van der Waals surface area contributed by atoms with Crippen molar-refractivity contribution in [1.82, 2.24) is 5.32 Å². The van der Waals surface area contributed by atoms with Gasteiger partial charge in [-0.05, 0) is 24.7 Å². The standard InChI is InChI=1S/C15H23NO3/c1-5-6-9-16-12(19)15-8-7-14(4,13(15,2)3)10(17)11(15)18/h5-9H2,1-4H3,(H,16,19). The third kappa shape index (κ3) is 1.43. The molecule has 2 aliphatic rings. The predicted molar refractivity (Wildman–Crippen MR) is 71.5 cm³/mol. The summed E-state index contributed by atoms with van der Waals surface area (Å²) in [6.07, 6.45) is 3.01. The first-order valence-electron chi connectivity index (χ1n) is 7.13. The molecule has 2 fully saturated rings. The highest BCUT2D eigenvalue weighted by Crippen LogP contribution is 2.68. The molecule has 0 aromatic heterocycles. The second kappa shape index (κ2) is 4.15. The summed E-state index contributed by atoms with van der Waals surface area (Å²) in [5.41, 5.74) is -2.40. The van der Waals surface area contributed by atoms with Gasteiger partial charge in [0.15, 0.2) is 0 Å². The number of hydrogen-bond donors (Lipinski definition) is 1. The lowest BCUT2D eigenvalue weighted by atomic mass is 9.64. The van der Waals surface area contributed by atoms with E-state index in [0.29, 0.717) is 19.4 Å². The minimum Gasteiger partial charge on any atom is -0.355 e. The van der Waals surface area contributed by atoms with E-state index in [4.69, 9.17) is 0 Å². The van der Waals surface area contributed by atoms with Gasteiger partial charge in [0.25, 0.3) is 0 Å². The Morgan fingerprint density at radius 2 is 1.79 bits per heavy atom. The van der Waals surface area contributed by atoms with E-state index in [9.17, 15) is 14.4 Å². The van der Waals surface area contributed by atoms with Crippen LogP contribution in [0.15, 0.2) is 0 Å². The fraction of sp³-hybridized carbons (Fsp3) is 0.800. The second-order valence-corrected chi connectivity index (χ2v) is 6.63. The van der Waals surface area contributed by atoms with Crippen LogP contribution < -0.4 is 5.32 Å². The summed E-state index contributed by atoms with van der Waals surface area (Å²) >= 11 is 0. The second-order valence-electron chi connectivity index (χ2n) is 6.63. The average molecular weight is 265 g/mol. The molecule has 2 unspecified atom stereocenters. The molecule has 0 heterocycles. The van der Waals surface area contributed by atoms with Gasteiger partial charge >= 0.3 is 0 Å². The first-order chi connectivity index (χ1) is 8.75. The van der Waals surface area contributed by atoms with Gasteiger partial charge in [0.2, 0.25) is 17.5 Å². The number of fused-ring (bicyclic) bond motifs is 2. The summed E-state index contributed by atoms with van der Waals surface area (Å²) in [6.45, 7) is 8.24. The monoisotopic (exact) mass is 265 g/mol. The molecule has 2 rings (SSSR count). The number of Topliss-reactive ketones (excluding diaryl/α,β-unsaturated/α-hetero) is 2. The van der Waals surface area contributed by atoms with E-state index in [1.54, 1.807) is 0 Å². The van der Waals surface area contributed by atoms with Crippen LogP contribution in [0.25, 0.3) is 0 Å². The lowest BCUT2D eigenvalue weighted by Crippen LogP contribution is -2.50. The number of carbonyl (C=O) groups is 3. The highest BCUT2D eigenvalue weighted by atomic mass is 16.2. The van der Waals surface area contributed by atoms with Gasteiger partial charge in [0.1, 0.15) is 5.41 Å². The van der Waals surface area contributed by atoms with Crippen molar-refractivity contribution in [1.29, 1.82) is 0 Å². The number of unbranched alkanes of at least 4 members (excludes halogenated alkanes) is 1. The molecule has 2 atom stereocenters. The Morgan fingerprint density at radius 1 is 1.16 bits per heavy atom. The molecule has 0 aromatic rings. The maximum Gasteiger partial charge on any atom is 0.234 e. The van der Waals surface area contributed by atoms with Crippen LogP contribution in [0.5, 0.6) is 0 Å². The first kappa shape index (κ1) is 14.2. The highest BCUT2D eigenvalue weighted by molar-refractivity contribution is 6.48. The molecule has 0 spiro atoms. The van der Waals surface area contributed by atoms with Crippen LogP contribution in [0.1, 0.15) is 53.4 Å². The molecular formula is C15H23NO3. The third-order valence-electron chi connectivity index (χ3n) is 5.74. The van der Waals surface area contributed by atoms with E-state index in [0.717, 1.165) is 12.8 Å². The Bertz CT molecular complexity index is 454. The molecule has 0 aliphatic heterocycles. The molecule has 2 bridgehead atoms. The topological polar surface area (TPSA) is 63.2 Å². The zero-order chi connectivity index (χ0) is 14.5.